The fourth-order valence-electron chi connectivity index (χ4n) is 11.3. The van der Waals surface area contributed by atoms with Crippen molar-refractivity contribution in [1.82, 2.24) is 0 Å². The molecular weight excluding hydrogens is 516 g/mol. The summed E-state index contributed by atoms with van der Waals surface area (Å²) in [5.41, 5.74) is 1.13. The molecule has 4 aliphatic carbocycles. The van der Waals surface area contributed by atoms with Gasteiger partial charge in [-0.1, -0.05) is 53.9 Å². The SMILES string of the molecule is CC(C)[C@H](CCOC1O[C@H](CO)[C@@H](O)[C@H](O)[C@H]1O)CC[C@@H](C)[C@H]1CC[C@H]2[C@@H]3CCC4CCCC[C@]4(C)[C@H]3CC[C@]12C. The van der Waals surface area contributed by atoms with Crippen LogP contribution < -0.4 is 0 Å². The van der Waals surface area contributed by atoms with Gasteiger partial charge < -0.3 is 29.9 Å². The smallest absolute Gasteiger partial charge is 0.186 e. The molecule has 41 heavy (non-hydrogen) atoms. The fraction of sp³-hybridized carbons (Fsp3) is 1.00. The lowest BCUT2D eigenvalue weighted by Crippen LogP contribution is -2.59. The maximum absolute atomic E-state index is 10.3. The van der Waals surface area contributed by atoms with E-state index in [9.17, 15) is 20.4 Å². The van der Waals surface area contributed by atoms with Crippen molar-refractivity contribution in [2.45, 2.75) is 149 Å². The van der Waals surface area contributed by atoms with E-state index in [4.69, 9.17) is 9.47 Å². The van der Waals surface area contributed by atoms with Crippen LogP contribution in [0.5, 0.6) is 0 Å². The molecule has 0 aromatic heterocycles. The van der Waals surface area contributed by atoms with E-state index in [2.05, 4.69) is 34.6 Å². The topological polar surface area (TPSA) is 99.4 Å². The Morgan fingerprint density at radius 1 is 0.780 bits per heavy atom. The summed E-state index contributed by atoms with van der Waals surface area (Å²) in [6.45, 7) is 12.5. The average molecular weight is 579 g/mol. The molecule has 4 saturated carbocycles. The Balaban J connectivity index is 1.14. The predicted octanol–water partition coefficient (Wildman–Crippen LogP) is 5.93. The lowest BCUT2D eigenvalue weighted by Gasteiger charge is -2.61. The van der Waals surface area contributed by atoms with Gasteiger partial charge in [-0.25, -0.2) is 0 Å². The van der Waals surface area contributed by atoms with Crippen molar-refractivity contribution in [2.75, 3.05) is 13.2 Å². The van der Waals surface area contributed by atoms with Gasteiger partial charge in [-0.15, -0.1) is 0 Å². The fourth-order valence-corrected chi connectivity index (χ4v) is 11.3. The van der Waals surface area contributed by atoms with E-state index in [0.29, 0.717) is 29.3 Å². The van der Waals surface area contributed by atoms with E-state index in [0.717, 1.165) is 41.9 Å². The summed E-state index contributed by atoms with van der Waals surface area (Å²) < 4.78 is 11.4. The molecule has 5 aliphatic rings. The zero-order chi connectivity index (χ0) is 29.5. The molecule has 1 heterocycles. The summed E-state index contributed by atoms with van der Waals surface area (Å²) >= 11 is 0. The zero-order valence-electron chi connectivity index (χ0n) is 26.7. The number of hydrogen-bond donors (Lipinski definition) is 4. The van der Waals surface area contributed by atoms with Crippen LogP contribution in [0.25, 0.3) is 0 Å². The number of ether oxygens (including phenoxy) is 2. The highest BCUT2D eigenvalue weighted by Crippen LogP contribution is 2.68. The van der Waals surface area contributed by atoms with Crippen LogP contribution in [0.2, 0.25) is 0 Å². The Morgan fingerprint density at radius 3 is 2.27 bits per heavy atom. The third kappa shape index (κ3) is 6.06. The van der Waals surface area contributed by atoms with Gasteiger partial charge >= 0.3 is 0 Å². The van der Waals surface area contributed by atoms with Crippen LogP contribution in [0.15, 0.2) is 0 Å². The minimum atomic E-state index is -1.39. The molecule has 6 heteroatoms. The molecule has 0 aromatic rings. The Bertz CT molecular complexity index is 849. The highest BCUT2D eigenvalue weighted by atomic mass is 16.7. The van der Waals surface area contributed by atoms with Crippen molar-refractivity contribution in [1.29, 1.82) is 0 Å². The van der Waals surface area contributed by atoms with Gasteiger partial charge in [-0.2, -0.15) is 0 Å². The van der Waals surface area contributed by atoms with Crippen molar-refractivity contribution < 1.29 is 29.9 Å². The van der Waals surface area contributed by atoms with Gasteiger partial charge in [0.2, 0.25) is 0 Å². The van der Waals surface area contributed by atoms with E-state index >= 15 is 0 Å². The van der Waals surface area contributed by atoms with Crippen molar-refractivity contribution in [3.8, 4) is 0 Å². The van der Waals surface area contributed by atoms with Gasteiger partial charge in [0, 0.05) is 0 Å². The molecule has 4 N–H and O–H groups in total. The van der Waals surface area contributed by atoms with Crippen LogP contribution in [-0.4, -0.2) is 64.3 Å². The van der Waals surface area contributed by atoms with Crippen LogP contribution in [0.3, 0.4) is 0 Å². The highest BCUT2D eigenvalue weighted by Gasteiger charge is 2.60. The van der Waals surface area contributed by atoms with Gasteiger partial charge in [-0.3, -0.25) is 0 Å². The Morgan fingerprint density at radius 2 is 1.54 bits per heavy atom. The van der Waals surface area contributed by atoms with Crippen LogP contribution >= 0.6 is 0 Å². The molecule has 1 saturated heterocycles. The summed E-state index contributed by atoms with van der Waals surface area (Å²) in [7, 11) is 0. The second-order valence-corrected chi connectivity index (χ2v) is 16.0. The third-order valence-corrected chi connectivity index (χ3v) is 13.9. The predicted molar refractivity (Wildman–Crippen MR) is 161 cm³/mol. The van der Waals surface area contributed by atoms with E-state index < -0.39 is 37.3 Å². The number of aliphatic hydroxyl groups is 4. The van der Waals surface area contributed by atoms with E-state index in [1.54, 1.807) is 0 Å². The zero-order valence-corrected chi connectivity index (χ0v) is 26.7. The molecule has 1 aliphatic heterocycles. The molecule has 0 amide bonds. The lowest BCUT2D eigenvalue weighted by atomic mass is 9.44. The first-order chi connectivity index (χ1) is 19.5. The first-order valence-electron chi connectivity index (χ1n) is 17.4. The minimum absolute atomic E-state index is 0.423. The maximum atomic E-state index is 10.3. The Hall–Kier alpha value is -0.240. The van der Waals surface area contributed by atoms with Gasteiger partial charge in [-0.05, 0) is 122 Å². The number of aliphatic hydroxyl groups excluding tert-OH is 4. The molecule has 14 atom stereocenters. The van der Waals surface area contributed by atoms with Crippen LogP contribution in [0.4, 0.5) is 0 Å². The standard InChI is InChI=1S/C35H62O6/c1-21(2)23(16-19-40-33-32(39)31(38)30(37)29(20-36)41-33)10-9-22(3)26-13-14-27-25-12-11-24-8-6-7-17-34(24,4)28(25)15-18-35(26,27)5/h21-33,36-39H,6-20H2,1-5H3/t22-,23+,24?,25+,26-,27+,28+,29-,30-,31+,32-,33?,34+,35-/m1/s1. The number of hydrogen-bond acceptors (Lipinski definition) is 6. The first-order valence-corrected chi connectivity index (χ1v) is 17.4. The van der Waals surface area contributed by atoms with Crippen molar-refractivity contribution in [3.63, 3.8) is 0 Å². The molecule has 238 valence electrons. The summed E-state index contributed by atoms with van der Waals surface area (Å²) in [5, 5.41) is 39.9. The molecule has 2 unspecified atom stereocenters. The van der Waals surface area contributed by atoms with Crippen LogP contribution in [0, 0.1) is 58.2 Å². The van der Waals surface area contributed by atoms with Gasteiger partial charge in [0.05, 0.1) is 13.2 Å². The largest absolute Gasteiger partial charge is 0.394 e. The second-order valence-electron chi connectivity index (χ2n) is 16.0. The third-order valence-electron chi connectivity index (χ3n) is 13.9. The summed E-state index contributed by atoms with van der Waals surface area (Å²) in [6.07, 6.45) is 12.0. The van der Waals surface area contributed by atoms with Crippen LogP contribution in [0.1, 0.15) is 118 Å². The van der Waals surface area contributed by atoms with Gasteiger partial charge in [0.25, 0.3) is 0 Å². The Kier molecular flexibility index (Phi) is 10.2. The van der Waals surface area contributed by atoms with Crippen molar-refractivity contribution >= 4 is 0 Å². The maximum Gasteiger partial charge on any atom is 0.186 e. The average Bonchev–Trinajstić information content (AvgIpc) is 3.31. The van der Waals surface area contributed by atoms with E-state index in [1.165, 1.54) is 77.0 Å². The van der Waals surface area contributed by atoms with Crippen molar-refractivity contribution in [2.24, 2.45) is 58.2 Å². The lowest BCUT2D eigenvalue weighted by molar-refractivity contribution is -0.301. The number of rotatable bonds is 10. The van der Waals surface area contributed by atoms with Gasteiger partial charge in [0.15, 0.2) is 6.29 Å². The summed E-state index contributed by atoms with van der Waals surface area (Å²) in [4.78, 5) is 0. The number of fused-ring (bicyclic) bond motifs is 5. The molecule has 0 spiro atoms. The molecule has 6 nitrogen and oxygen atoms in total. The molecule has 0 radical (unpaired) electrons. The van der Waals surface area contributed by atoms with Crippen molar-refractivity contribution in [3.05, 3.63) is 0 Å². The molecular formula is C35H62O6. The summed E-state index contributed by atoms with van der Waals surface area (Å²) in [6, 6.07) is 0. The van der Waals surface area contributed by atoms with E-state index in [-0.39, 0.29) is 0 Å². The summed E-state index contributed by atoms with van der Waals surface area (Å²) in [5.74, 6) is 6.49. The van der Waals surface area contributed by atoms with Gasteiger partial charge in [0.1, 0.15) is 24.4 Å². The monoisotopic (exact) mass is 578 g/mol. The quantitative estimate of drug-likeness (QED) is 0.256. The van der Waals surface area contributed by atoms with Crippen LogP contribution in [-0.2, 0) is 9.47 Å². The Labute approximate surface area is 250 Å². The molecule has 5 rings (SSSR count). The normalized spacial score (nSPS) is 47.9. The first kappa shape index (κ1) is 32.2. The van der Waals surface area contributed by atoms with E-state index in [1.807, 2.05) is 0 Å². The highest BCUT2D eigenvalue weighted by molar-refractivity contribution is 5.09. The molecule has 0 bridgehead atoms. The molecule has 0 aromatic carbocycles. The molecule has 5 fully saturated rings. The second kappa shape index (κ2) is 13.0. The minimum Gasteiger partial charge on any atom is -0.394 e.